The molecule has 0 radical (unpaired) electrons. The summed E-state index contributed by atoms with van der Waals surface area (Å²) < 4.78 is 0.999. The molecule has 1 atom stereocenters. The molecule has 1 unspecified atom stereocenters. The minimum absolute atomic E-state index is 0.157. The van der Waals surface area contributed by atoms with Crippen LogP contribution in [0.1, 0.15) is 25.8 Å². The van der Waals surface area contributed by atoms with E-state index in [1.54, 1.807) is 11.8 Å². The van der Waals surface area contributed by atoms with Gasteiger partial charge in [-0.3, -0.25) is 0 Å². The van der Waals surface area contributed by atoms with E-state index in [9.17, 15) is 0 Å². The molecule has 0 aliphatic heterocycles. The number of benzene rings is 1. The first kappa shape index (κ1) is 14.4. The molecule has 0 saturated heterocycles. The number of rotatable bonds is 5. The second kappa shape index (κ2) is 6.91. The highest BCUT2D eigenvalue weighted by atomic mass is 79.9. The van der Waals surface area contributed by atoms with Gasteiger partial charge in [0.05, 0.1) is 0 Å². The second-order valence-electron chi connectivity index (χ2n) is 3.95. The summed E-state index contributed by atoms with van der Waals surface area (Å²) in [6, 6.07) is 5.75. The van der Waals surface area contributed by atoms with E-state index in [1.807, 2.05) is 18.2 Å². The molecule has 3 nitrogen and oxygen atoms in total. The Balaban J connectivity index is 2.91. The molecule has 3 N–H and O–H groups in total. The van der Waals surface area contributed by atoms with Gasteiger partial charge in [0, 0.05) is 20.7 Å². The first-order valence-electron chi connectivity index (χ1n) is 5.48. The number of hydrogen-bond acceptors (Lipinski definition) is 3. The molecule has 0 heterocycles. The quantitative estimate of drug-likeness (QED) is 0.286. The number of thioether (sulfide) groups is 1. The lowest BCUT2D eigenvalue weighted by molar-refractivity contribution is 0.318. The number of hydrogen-bond donors (Lipinski definition) is 2. The molecule has 0 fully saturated rings. The molecule has 17 heavy (non-hydrogen) atoms. The zero-order valence-corrected chi connectivity index (χ0v) is 12.4. The van der Waals surface area contributed by atoms with Crippen molar-refractivity contribution in [1.82, 2.24) is 0 Å². The van der Waals surface area contributed by atoms with Crippen LogP contribution in [0.2, 0.25) is 0 Å². The maximum absolute atomic E-state index is 8.75. The van der Waals surface area contributed by atoms with Crippen LogP contribution in [0.3, 0.4) is 0 Å². The predicted molar refractivity (Wildman–Crippen MR) is 76.8 cm³/mol. The van der Waals surface area contributed by atoms with Crippen LogP contribution in [0.15, 0.2) is 32.7 Å². The third-order valence-corrected chi connectivity index (χ3v) is 4.43. The van der Waals surface area contributed by atoms with E-state index in [4.69, 9.17) is 10.9 Å². The van der Waals surface area contributed by atoms with Gasteiger partial charge >= 0.3 is 0 Å². The fraction of sp³-hybridized carbons (Fsp3) is 0.417. The van der Waals surface area contributed by atoms with E-state index in [-0.39, 0.29) is 5.84 Å². The Morgan fingerprint density at radius 3 is 2.88 bits per heavy atom. The second-order valence-corrected chi connectivity index (χ2v) is 5.93. The summed E-state index contributed by atoms with van der Waals surface area (Å²) in [6.45, 7) is 4.39. The van der Waals surface area contributed by atoms with Gasteiger partial charge in [0.2, 0.25) is 0 Å². The van der Waals surface area contributed by atoms with E-state index in [0.29, 0.717) is 5.92 Å². The van der Waals surface area contributed by atoms with E-state index < -0.39 is 0 Å². The Morgan fingerprint density at radius 1 is 1.59 bits per heavy atom. The van der Waals surface area contributed by atoms with E-state index in [2.05, 4.69) is 34.9 Å². The zero-order chi connectivity index (χ0) is 12.8. The van der Waals surface area contributed by atoms with Crippen molar-refractivity contribution in [3.63, 3.8) is 0 Å². The smallest absolute Gasteiger partial charge is 0.171 e. The van der Waals surface area contributed by atoms with Gasteiger partial charge in [-0.25, -0.2) is 0 Å². The van der Waals surface area contributed by atoms with Crippen molar-refractivity contribution in [1.29, 1.82) is 0 Å². The Bertz CT molecular complexity index is 409. The molecule has 5 heteroatoms. The summed E-state index contributed by atoms with van der Waals surface area (Å²) in [5, 5.41) is 11.8. The molecule has 1 rings (SSSR count). The fourth-order valence-electron chi connectivity index (χ4n) is 1.23. The van der Waals surface area contributed by atoms with Crippen molar-refractivity contribution in [2.24, 2.45) is 16.8 Å². The SMILES string of the molecule is CCC(C)CSc1cc(Br)ccc1/C(N)=N/O. The molecule has 94 valence electrons. The number of halogens is 1. The number of amidine groups is 1. The van der Waals surface area contributed by atoms with Gasteiger partial charge in [-0.1, -0.05) is 41.4 Å². The molecular weight excluding hydrogens is 300 g/mol. The van der Waals surface area contributed by atoms with Gasteiger partial charge < -0.3 is 10.9 Å². The maximum atomic E-state index is 8.75. The van der Waals surface area contributed by atoms with Crippen LogP contribution >= 0.6 is 27.7 Å². The van der Waals surface area contributed by atoms with Crippen molar-refractivity contribution in [3.8, 4) is 0 Å². The van der Waals surface area contributed by atoms with Crippen molar-refractivity contribution >= 4 is 33.5 Å². The molecular formula is C12H17BrN2OS. The number of oxime groups is 1. The third kappa shape index (κ3) is 4.24. The van der Waals surface area contributed by atoms with Crippen molar-refractivity contribution in [3.05, 3.63) is 28.2 Å². The van der Waals surface area contributed by atoms with Crippen molar-refractivity contribution in [2.45, 2.75) is 25.2 Å². The van der Waals surface area contributed by atoms with Crippen molar-refractivity contribution in [2.75, 3.05) is 5.75 Å². The molecule has 0 aliphatic carbocycles. The minimum atomic E-state index is 0.157. The average molecular weight is 317 g/mol. The van der Waals surface area contributed by atoms with E-state index in [0.717, 1.165) is 27.1 Å². The molecule has 0 aromatic heterocycles. The number of nitrogens with zero attached hydrogens (tertiary/aromatic N) is 1. The highest BCUT2D eigenvalue weighted by Crippen LogP contribution is 2.28. The summed E-state index contributed by atoms with van der Waals surface area (Å²) in [6.07, 6.45) is 1.15. The third-order valence-electron chi connectivity index (χ3n) is 2.55. The summed E-state index contributed by atoms with van der Waals surface area (Å²) in [5.74, 6) is 1.84. The minimum Gasteiger partial charge on any atom is -0.409 e. The van der Waals surface area contributed by atoms with Crippen LogP contribution in [0, 0.1) is 5.92 Å². The highest BCUT2D eigenvalue weighted by molar-refractivity contribution is 9.10. The molecule has 0 aliphatic rings. The Hall–Kier alpha value is -0.680. The number of nitrogens with two attached hydrogens (primary N) is 1. The van der Waals surface area contributed by atoms with Gasteiger partial charge in [0.25, 0.3) is 0 Å². The summed E-state index contributed by atoms with van der Waals surface area (Å²) >= 11 is 5.17. The topological polar surface area (TPSA) is 58.6 Å². The van der Waals surface area contributed by atoms with Crippen LogP contribution in [0.5, 0.6) is 0 Å². The van der Waals surface area contributed by atoms with Gasteiger partial charge in [-0.15, -0.1) is 11.8 Å². The van der Waals surface area contributed by atoms with Gasteiger partial charge in [0.15, 0.2) is 5.84 Å². The van der Waals surface area contributed by atoms with Crippen LogP contribution < -0.4 is 5.73 Å². The monoisotopic (exact) mass is 316 g/mol. The Labute approximate surface area is 115 Å². The average Bonchev–Trinajstić information content (AvgIpc) is 2.35. The van der Waals surface area contributed by atoms with Crippen LogP contribution in [0.25, 0.3) is 0 Å². The molecule has 0 saturated carbocycles. The zero-order valence-electron chi connectivity index (χ0n) is 9.98. The van der Waals surface area contributed by atoms with Crippen LogP contribution in [-0.2, 0) is 0 Å². The van der Waals surface area contributed by atoms with Crippen LogP contribution in [0.4, 0.5) is 0 Å². The molecule has 0 spiro atoms. The Kier molecular flexibility index (Phi) is 5.85. The molecule has 0 bridgehead atoms. The van der Waals surface area contributed by atoms with Crippen molar-refractivity contribution < 1.29 is 5.21 Å². The fourth-order valence-corrected chi connectivity index (χ4v) is 2.98. The maximum Gasteiger partial charge on any atom is 0.171 e. The Morgan fingerprint density at radius 2 is 2.29 bits per heavy atom. The van der Waals surface area contributed by atoms with E-state index >= 15 is 0 Å². The largest absolute Gasteiger partial charge is 0.409 e. The predicted octanol–water partition coefficient (Wildman–Crippen LogP) is 3.68. The molecule has 0 amide bonds. The van der Waals surface area contributed by atoms with Gasteiger partial charge in [0.1, 0.15) is 0 Å². The normalized spacial score (nSPS) is 13.7. The lowest BCUT2D eigenvalue weighted by Crippen LogP contribution is -2.14. The lowest BCUT2D eigenvalue weighted by atomic mass is 10.2. The molecule has 1 aromatic carbocycles. The van der Waals surface area contributed by atoms with Crippen LogP contribution in [-0.4, -0.2) is 16.8 Å². The summed E-state index contributed by atoms with van der Waals surface area (Å²) in [4.78, 5) is 1.04. The summed E-state index contributed by atoms with van der Waals surface area (Å²) in [5.41, 5.74) is 6.44. The standard InChI is InChI=1S/C12H17BrN2OS/c1-3-8(2)7-17-11-6-9(13)4-5-10(11)12(14)15-16/h4-6,8,16H,3,7H2,1-2H3,(H2,14,15). The first-order chi connectivity index (χ1) is 8.08. The lowest BCUT2D eigenvalue weighted by Gasteiger charge is -2.11. The highest BCUT2D eigenvalue weighted by Gasteiger charge is 2.09. The summed E-state index contributed by atoms with van der Waals surface area (Å²) in [7, 11) is 0. The first-order valence-corrected chi connectivity index (χ1v) is 7.26. The van der Waals surface area contributed by atoms with Gasteiger partial charge in [-0.2, -0.15) is 0 Å². The van der Waals surface area contributed by atoms with Gasteiger partial charge in [-0.05, 0) is 24.1 Å². The molecule has 1 aromatic rings. The van der Waals surface area contributed by atoms with E-state index in [1.165, 1.54) is 0 Å².